The number of rotatable bonds is 5. The quantitative estimate of drug-likeness (QED) is 0.793. The number of nitrogens with one attached hydrogen (secondary N) is 1. The highest BCUT2D eigenvalue weighted by molar-refractivity contribution is 7.89. The van der Waals surface area contributed by atoms with Crippen LogP contribution in [0.3, 0.4) is 0 Å². The zero-order valence-corrected chi connectivity index (χ0v) is 11.1. The Morgan fingerprint density at radius 2 is 1.71 bits per heavy atom. The van der Waals surface area contributed by atoms with Crippen LogP contribution < -0.4 is 5.32 Å². The second-order valence-electron chi connectivity index (χ2n) is 5.81. The highest BCUT2D eigenvalue weighted by atomic mass is 32.2. The van der Waals surface area contributed by atoms with E-state index in [1.54, 1.807) is 4.31 Å². The van der Waals surface area contributed by atoms with Gasteiger partial charge >= 0.3 is 0 Å². The summed E-state index contributed by atoms with van der Waals surface area (Å²) < 4.78 is 26.0. The highest BCUT2D eigenvalue weighted by Crippen LogP contribution is 2.38. The van der Waals surface area contributed by atoms with Gasteiger partial charge in [0.1, 0.15) is 0 Å². The van der Waals surface area contributed by atoms with Gasteiger partial charge in [-0.05, 0) is 37.5 Å². The molecule has 1 saturated heterocycles. The van der Waals surface area contributed by atoms with Crippen molar-refractivity contribution in [1.82, 2.24) is 9.62 Å². The van der Waals surface area contributed by atoms with Gasteiger partial charge in [0.15, 0.2) is 0 Å². The van der Waals surface area contributed by atoms with E-state index < -0.39 is 10.0 Å². The van der Waals surface area contributed by atoms with Gasteiger partial charge in [0, 0.05) is 25.7 Å². The Morgan fingerprint density at radius 3 is 2.29 bits per heavy atom. The summed E-state index contributed by atoms with van der Waals surface area (Å²) in [5, 5.41) is 3.28. The van der Waals surface area contributed by atoms with E-state index in [0.717, 1.165) is 13.1 Å². The van der Waals surface area contributed by atoms with Crippen molar-refractivity contribution in [2.45, 2.75) is 38.1 Å². The van der Waals surface area contributed by atoms with Crippen molar-refractivity contribution in [2.75, 3.05) is 25.4 Å². The Morgan fingerprint density at radius 1 is 1.06 bits per heavy atom. The number of hydrogen-bond acceptors (Lipinski definition) is 3. The van der Waals surface area contributed by atoms with Crippen molar-refractivity contribution in [3.63, 3.8) is 0 Å². The maximum Gasteiger partial charge on any atom is 0.215 e. The Hall–Kier alpha value is -0.130. The third kappa shape index (κ3) is 2.66. The van der Waals surface area contributed by atoms with Crippen LogP contribution in [0.15, 0.2) is 0 Å². The number of hydrogen-bond donors (Lipinski definition) is 1. The van der Waals surface area contributed by atoms with Crippen LogP contribution >= 0.6 is 0 Å². The van der Waals surface area contributed by atoms with Gasteiger partial charge in [-0.3, -0.25) is 0 Å². The molecule has 0 amide bonds. The number of sulfonamides is 1. The molecule has 3 rings (SSSR count). The van der Waals surface area contributed by atoms with E-state index in [0.29, 0.717) is 24.4 Å². The van der Waals surface area contributed by atoms with Crippen LogP contribution in [0.1, 0.15) is 32.1 Å². The summed E-state index contributed by atoms with van der Waals surface area (Å²) in [6.45, 7) is 2.20. The summed E-state index contributed by atoms with van der Waals surface area (Å²) in [6.07, 6.45) is 6.20. The molecule has 2 saturated carbocycles. The molecule has 5 heteroatoms. The molecule has 3 aliphatic rings. The highest BCUT2D eigenvalue weighted by Gasteiger charge is 2.40. The first-order valence-electron chi connectivity index (χ1n) is 6.86. The second-order valence-corrected chi connectivity index (χ2v) is 7.90. The third-order valence-corrected chi connectivity index (χ3v) is 6.26. The lowest BCUT2D eigenvalue weighted by Gasteiger charge is -2.17. The Kier molecular flexibility index (Phi) is 3.17. The topological polar surface area (TPSA) is 49.4 Å². The monoisotopic (exact) mass is 258 g/mol. The molecule has 2 atom stereocenters. The Bertz CT molecular complexity index is 366. The third-order valence-electron chi connectivity index (χ3n) is 4.46. The molecular weight excluding hydrogens is 236 g/mol. The summed E-state index contributed by atoms with van der Waals surface area (Å²) in [4.78, 5) is 0. The van der Waals surface area contributed by atoms with Gasteiger partial charge in [-0.2, -0.15) is 0 Å². The van der Waals surface area contributed by atoms with Gasteiger partial charge in [-0.1, -0.05) is 6.42 Å². The van der Waals surface area contributed by atoms with Crippen LogP contribution in [0, 0.1) is 11.8 Å². The standard InChI is InChI=1S/C12H22N2O2S/c15-17(16,7-6-13-12-4-5-12)14-8-10-2-1-3-11(10)9-14/h10-13H,1-9H2. The minimum atomic E-state index is -3.00. The van der Waals surface area contributed by atoms with E-state index in [1.165, 1.54) is 32.1 Å². The first kappa shape index (κ1) is 11.9. The van der Waals surface area contributed by atoms with E-state index >= 15 is 0 Å². The van der Waals surface area contributed by atoms with E-state index in [2.05, 4.69) is 5.32 Å². The van der Waals surface area contributed by atoms with Crippen molar-refractivity contribution in [3.05, 3.63) is 0 Å². The van der Waals surface area contributed by atoms with Crippen LogP contribution in [0.4, 0.5) is 0 Å². The van der Waals surface area contributed by atoms with Gasteiger partial charge in [-0.15, -0.1) is 0 Å². The molecule has 2 unspecified atom stereocenters. The Balaban J connectivity index is 1.51. The summed E-state index contributed by atoms with van der Waals surface area (Å²) in [6, 6.07) is 0.600. The van der Waals surface area contributed by atoms with Gasteiger partial charge in [-0.25, -0.2) is 12.7 Å². The first-order valence-corrected chi connectivity index (χ1v) is 8.47. The van der Waals surface area contributed by atoms with E-state index in [-0.39, 0.29) is 5.75 Å². The van der Waals surface area contributed by atoms with E-state index in [4.69, 9.17) is 0 Å². The molecule has 1 heterocycles. The maximum absolute atomic E-state index is 12.2. The van der Waals surface area contributed by atoms with Gasteiger partial charge in [0.25, 0.3) is 0 Å². The molecule has 0 aromatic carbocycles. The van der Waals surface area contributed by atoms with Crippen molar-refractivity contribution < 1.29 is 8.42 Å². The minimum Gasteiger partial charge on any atom is -0.313 e. The van der Waals surface area contributed by atoms with Crippen LogP contribution in [-0.2, 0) is 10.0 Å². The molecule has 17 heavy (non-hydrogen) atoms. The average molecular weight is 258 g/mol. The second kappa shape index (κ2) is 4.52. The lowest BCUT2D eigenvalue weighted by molar-refractivity contribution is 0.444. The summed E-state index contributed by atoms with van der Waals surface area (Å²) >= 11 is 0. The van der Waals surface area contributed by atoms with Gasteiger partial charge in [0.2, 0.25) is 10.0 Å². The summed E-state index contributed by atoms with van der Waals surface area (Å²) in [5.74, 6) is 1.59. The normalized spacial score (nSPS) is 34.1. The first-order chi connectivity index (χ1) is 8.15. The molecule has 0 aromatic heterocycles. The van der Waals surface area contributed by atoms with Crippen molar-refractivity contribution >= 4 is 10.0 Å². The molecular formula is C12H22N2O2S. The van der Waals surface area contributed by atoms with Crippen molar-refractivity contribution in [1.29, 1.82) is 0 Å². The molecule has 98 valence electrons. The zero-order chi connectivity index (χ0) is 11.9. The molecule has 3 fully saturated rings. The lowest BCUT2D eigenvalue weighted by atomic mass is 10.0. The molecule has 0 spiro atoms. The summed E-state index contributed by atoms with van der Waals surface area (Å²) in [7, 11) is -3.00. The molecule has 1 N–H and O–H groups in total. The zero-order valence-electron chi connectivity index (χ0n) is 10.3. The fourth-order valence-electron chi connectivity index (χ4n) is 3.23. The van der Waals surface area contributed by atoms with Crippen LogP contribution in [0.25, 0.3) is 0 Å². The number of fused-ring (bicyclic) bond motifs is 1. The smallest absolute Gasteiger partial charge is 0.215 e. The van der Waals surface area contributed by atoms with Gasteiger partial charge < -0.3 is 5.32 Å². The largest absolute Gasteiger partial charge is 0.313 e. The van der Waals surface area contributed by atoms with Crippen LogP contribution in [0.5, 0.6) is 0 Å². The molecule has 0 bridgehead atoms. The molecule has 4 nitrogen and oxygen atoms in total. The fraction of sp³-hybridized carbons (Fsp3) is 1.00. The van der Waals surface area contributed by atoms with Gasteiger partial charge in [0.05, 0.1) is 5.75 Å². The minimum absolute atomic E-state index is 0.281. The van der Waals surface area contributed by atoms with Crippen molar-refractivity contribution in [3.8, 4) is 0 Å². The maximum atomic E-state index is 12.2. The molecule has 0 aromatic rings. The van der Waals surface area contributed by atoms with Crippen molar-refractivity contribution in [2.24, 2.45) is 11.8 Å². The predicted molar refractivity (Wildman–Crippen MR) is 67.2 cm³/mol. The predicted octanol–water partition coefficient (Wildman–Crippen LogP) is 0.800. The molecule has 1 aliphatic heterocycles. The van der Waals surface area contributed by atoms with E-state index in [1.807, 2.05) is 0 Å². The molecule has 0 radical (unpaired) electrons. The fourth-order valence-corrected chi connectivity index (χ4v) is 4.70. The lowest BCUT2D eigenvalue weighted by Crippen LogP contribution is -2.35. The molecule has 2 aliphatic carbocycles. The number of nitrogens with zero attached hydrogens (tertiary/aromatic N) is 1. The van der Waals surface area contributed by atoms with E-state index in [9.17, 15) is 8.42 Å². The SMILES string of the molecule is O=S(=O)(CCNC1CC1)N1CC2CCCC2C1. The average Bonchev–Trinajstić information content (AvgIpc) is 2.83. The Labute approximate surface area is 104 Å². The summed E-state index contributed by atoms with van der Waals surface area (Å²) in [5.41, 5.74) is 0. The van der Waals surface area contributed by atoms with Crippen LogP contribution in [0.2, 0.25) is 0 Å². The van der Waals surface area contributed by atoms with Crippen LogP contribution in [-0.4, -0.2) is 44.2 Å².